The maximum atomic E-state index is 12.9. The molecule has 0 spiro atoms. The molecule has 2 aliphatic heterocycles. The molecule has 3 heterocycles. The van der Waals surface area contributed by atoms with Crippen LogP contribution >= 0.6 is 0 Å². The van der Waals surface area contributed by atoms with Crippen LogP contribution in [-0.2, 0) is 16.1 Å². The standard InChI is InChI=1S/C17H24N2O3/c1-12-8-13(2)10-18(9-12)17(21)15-5-6-16(20)19(15)11-14-4-3-7-22-14/h3-4,7,12-13,15H,5-6,8-11H2,1-2H3. The average molecular weight is 304 g/mol. The molecule has 0 aliphatic carbocycles. The number of amides is 2. The van der Waals surface area contributed by atoms with Crippen LogP contribution in [0.2, 0.25) is 0 Å². The lowest BCUT2D eigenvalue weighted by atomic mass is 9.91. The monoisotopic (exact) mass is 304 g/mol. The smallest absolute Gasteiger partial charge is 0.245 e. The number of piperidine rings is 1. The van der Waals surface area contributed by atoms with E-state index in [2.05, 4.69) is 13.8 Å². The van der Waals surface area contributed by atoms with E-state index in [1.54, 1.807) is 17.2 Å². The Morgan fingerprint density at radius 1 is 1.32 bits per heavy atom. The fourth-order valence-corrected chi connectivity index (χ4v) is 3.81. The van der Waals surface area contributed by atoms with Crippen molar-refractivity contribution in [2.75, 3.05) is 13.1 Å². The van der Waals surface area contributed by atoms with Crippen LogP contribution in [0.15, 0.2) is 22.8 Å². The molecule has 3 rings (SSSR count). The Morgan fingerprint density at radius 2 is 2.05 bits per heavy atom. The Labute approximate surface area is 131 Å². The van der Waals surface area contributed by atoms with Crippen molar-refractivity contribution in [3.63, 3.8) is 0 Å². The summed E-state index contributed by atoms with van der Waals surface area (Å²) < 4.78 is 5.33. The van der Waals surface area contributed by atoms with Crippen LogP contribution in [0.1, 0.15) is 38.9 Å². The Bertz CT molecular complexity index is 530. The van der Waals surface area contributed by atoms with Gasteiger partial charge in [0, 0.05) is 19.5 Å². The van der Waals surface area contributed by atoms with Crippen LogP contribution in [0.3, 0.4) is 0 Å². The molecular weight excluding hydrogens is 280 g/mol. The number of rotatable bonds is 3. The highest BCUT2D eigenvalue weighted by Gasteiger charge is 2.39. The van der Waals surface area contributed by atoms with Crippen molar-refractivity contribution in [3.8, 4) is 0 Å². The van der Waals surface area contributed by atoms with Gasteiger partial charge in [0.1, 0.15) is 11.8 Å². The molecule has 3 atom stereocenters. The summed E-state index contributed by atoms with van der Waals surface area (Å²) in [5.74, 6) is 1.95. The number of hydrogen-bond donors (Lipinski definition) is 0. The number of likely N-dealkylation sites (tertiary alicyclic amines) is 2. The molecule has 2 amide bonds. The lowest BCUT2D eigenvalue weighted by Crippen LogP contribution is -2.50. The summed E-state index contributed by atoms with van der Waals surface area (Å²) in [6, 6.07) is 3.33. The number of nitrogens with zero attached hydrogens (tertiary/aromatic N) is 2. The first-order valence-corrected chi connectivity index (χ1v) is 8.15. The zero-order valence-electron chi connectivity index (χ0n) is 13.3. The minimum atomic E-state index is -0.324. The number of carbonyl (C=O) groups is 2. The zero-order valence-corrected chi connectivity index (χ0v) is 13.3. The minimum Gasteiger partial charge on any atom is -0.467 e. The second-order valence-electron chi connectivity index (χ2n) is 6.84. The summed E-state index contributed by atoms with van der Waals surface area (Å²) in [5.41, 5.74) is 0. The van der Waals surface area contributed by atoms with Crippen LogP contribution < -0.4 is 0 Å². The van der Waals surface area contributed by atoms with E-state index < -0.39 is 0 Å². The molecule has 0 N–H and O–H groups in total. The minimum absolute atomic E-state index is 0.0489. The molecule has 22 heavy (non-hydrogen) atoms. The summed E-state index contributed by atoms with van der Waals surface area (Å²) in [6.45, 7) is 6.39. The predicted molar refractivity (Wildman–Crippen MR) is 81.8 cm³/mol. The van der Waals surface area contributed by atoms with Gasteiger partial charge in [-0.15, -0.1) is 0 Å². The number of hydrogen-bond acceptors (Lipinski definition) is 3. The average Bonchev–Trinajstić information content (AvgIpc) is 3.09. The predicted octanol–water partition coefficient (Wildman–Crippen LogP) is 2.28. The number of furan rings is 1. The van der Waals surface area contributed by atoms with E-state index in [0.717, 1.165) is 18.8 Å². The lowest BCUT2D eigenvalue weighted by Gasteiger charge is -2.37. The molecule has 2 fully saturated rings. The van der Waals surface area contributed by atoms with Gasteiger partial charge in [-0.25, -0.2) is 0 Å². The van der Waals surface area contributed by atoms with Crippen molar-refractivity contribution in [1.82, 2.24) is 9.80 Å². The summed E-state index contributed by atoms with van der Waals surface area (Å²) >= 11 is 0. The maximum Gasteiger partial charge on any atom is 0.245 e. The molecule has 0 radical (unpaired) electrons. The van der Waals surface area contributed by atoms with Gasteiger partial charge >= 0.3 is 0 Å². The van der Waals surface area contributed by atoms with Gasteiger partial charge in [-0.1, -0.05) is 13.8 Å². The second kappa shape index (κ2) is 6.15. The Balaban J connectivity index is 1.71. The second-order valence-corrected chi connectivity index (χ2v) is 6.84. The molecule has 1 aromatic heterocycles. The van der Waals surface area contributed by atoms with E-state index in [0.29, 0.717) is 31.2 Å². The van der Waals surface area contributed by atoms with E-state index >= 15 is 0 Å². The van der Waals surface area contributed by atoms with Gasteiger partial charge in [-0.2, -0.15) is 0 Å². The van der Waals surface area contributed by atoms with Gasteiger partial charge in [0.25, 0.3) is 0 Å². The van der Waals surface area contributed by atoms with Crippen molar-refractivity contribution >= 4 is 11.8 Å². The van der Waals surface area contributed by atoms with Crippen molar-refractivity contribution in [2.45, 2.75) is 45.7 Å². The van der Waals surface area contributed by atoms with Gasteiger partial charge < -0.3 is 14.2 Å². The third-order valence-corrected chi connectivity index (χ3v) is 4.70. The summed E-state index contributed by atoms with van der Waals surface area (Å²) in [5, 5.41) is 0. The Hall–Kier alpha value is -1.78. The molecule has 0 saturated carbocycles. The molecule has 0 aromatic carbocycles. The molecule has 0 bridgehead atoms. The van der Waals surface area contributed by atoms with Gasteiger partial charge in [-0.3, -0.25) is 9.59 Å². The normalized spacial score (nSPS) is 29.2. The van der Waals surface area contributed by atoms with Gasteiger partial charge in [0.15, 0.2) is 0 Å². The van der Waals surface area contributed by atoms with Crippen molar-refractivity contribution in [1.29, 1.82) is 0 Å². The molecule has 120 valence electrons. The van der Waals surface area contributed by atoms with E-state index in [-0.39, 0.29) is 17.9 Å². The fourth-order valence-electron chi connectivity index (χ4n) is 3.81. The highest BCUT2D eigenvalue weighted by Crippen LogP contribution is 2.27. The van der Waals surface area contributed by atoms with Gasteiger partial charge in [0.05, 0.1) is 12.8 Å². The van der Waals surface area contributed by atoms with E-state index in [4.69, 9.17) is 4.42 Å². The Morgan fingerprint density at radius 3 is 2.68 bits per heavy atom. The first-order valence-electron chi connectivity index (χ1n) is 8.15. The highest BCUT2D eigenvalue weighted by molar-refractivity contribution is 5.91. The van der Waals surface area contributed by atoms with Crippen molar-refractivity contribution in [3.05, 3.63) is 24.2 Å². The zero-order chi connectivity index (χ0) is 15.7. The Kier molecular flexibility index (Phi) is 4.23. The maximum absolute atomic E-state index is 12.9. The lowest BCUT2D eigenvalue weighted by molar-refractivity contribution is -0.143. The van der Waals surface area contributed by atoms with Gasteiger partial charge in [0.2, 0.25) is 11.8 Å². The summed E-state index contributed by atoms with van der Waals surface area (Å²) in [6.07, 6.45) is 3.85. The van der Waals surface area contributed by atoms with E-state index in [1.165, 1.54) is 6.42 Å². The quantitative estimate of drug-likeness (QED) is 0.861. The third-order valence-electron chi connectivity index (χ3n) is 4.70. The van der Waals surface area contributed by atoms with E-state index in [1.807, 2.05) is 11.0 Å². The number of carbonyl (C=O) groups excluding carboxylic acids is 2. The molecule has 5 heteroatoms. The molecule has 1 aromatic rings. The van der Waals surface area contributed by atoms with Crippen LogP contribution in [-0.4, -0.2) is 40.7 Å². The van der Waals surface area contributed by atoms with Crippen LogP contribution in [0, 0.1) is 11.8 Å². The highest BCUT2D eigenvalue weighted by atomic mass is 16.3. The molecule has 3 unspecified atom stereocenters. The van der Waals surface area contributed by atoms with Crippen LogP contribution in [0.4, 0.5) is 0 Å². The van der Waals surface area contributed by atoms with Crippen LogP contribution in [0.5, 0.6) is 0 Å². The fraction of sp³-hybridized carbons (Fsp3) is 0.647. The molecule has 2 aliphatic rings. The van der Waals surface area contributed by atoms with E-state index in [9.17, 15) is 9.59 Å². The van der Waals surface area contributed by atoms with Crippen molar-refractivity contribution < 1.29 is 14.0 Å². The topological polar surface area (TPSA) is 53.8 Å². The summed E-state index contributed by atoms with van der Waals surface area (Å²) in [7, 11) is 0. The molecular formula is C17H24N2O3. The SMILES string of the molecule is CC1CC(C)CN(C(=O)C2CCC(=O)N2Cc2ccco2)C1. The summed E-state index contributed by atoms with van der Waals surface area (Å²) in [4.78, 5) is 28.7. The first kappa shape index (κ1) is 15.1. The van der Waals surface area contributed by atoms with Crippen LogP contribution in [0.25, 0.3) is 0 Å². The molecule has 5 nitrogen and oxygen atoms in total. The largest absolute Gasteiger partial charge is 0.467 e. The van der Waals surface area contributed by atoms with Gasteiger partial charge in [-0.05, 0) is 36.8 Å². The molecule has 2 saturated heterocycles. The first-order chi connectivity index (χ1) is 10.5. The third kappa shape index (κ3) is 3.03. The van der Waals surface area contributed by atoms with Crippen molar-refractivity contribution in [2.24, 2.45) is 11.8 Å².